The Balaban J connectivity index is 2.08. The van der Waals surface area contributed by atoms with Crippen LogP contribution in [0.25, 0.3) is 44.9 Å². The predicted octanol–water partition coefficient (Wildman–Crippen LogP) is 4.80. The molecule has 0 spiro atoms. The van der Waals surface area contributed by atoms with E-state index in [1.165, 1.54) is 26.0 Å². The maximum absolute atomic E-state index is 13.0. The summed E-state index contributed by atoms with van der Waals surface area (Å²) in [6.45, 7) is 6.43. The summed E-state index contributed by atoms with van der Waals surface area (Å²) in [5.74, 6) is -2.16. The predicted molar refractivity (Wildman–Crippen MR) is 169 cm³/mol. The van der Waals surface area contributed by atoms with Gasteiger partial charge in [-0.25, -0.2) is 9.97 Å². The molecule has 14 nitrogen and oxygen atoms in total. The molecule has 0 saturated carbocycles. The van der Waals surface area contributed by atoms with Crippen molar-refractivity contribution in [3.05, 3.63) is 57.7 Å². The van der Waals surface area contributed by atoms with Gasteiger partial charge in [0, 0.05) is 23.9 Å². The van der Waals surface area contributed by atoms with Gasteiger partial charge in [-0.2, -0.15) is 16.8 Å². The van der Waals surface area contributed by atoms with Crippen LogP contribution < -0.4 is 0 Å². The molecular formula is C30H30N4O10S2. The summed E-state index contributed by atoms with van der Waals surface area (Å²) in [7, 11) is -10.0. The number of hydrogen-bond acceptors (Lipinski definition) is 8. The lowest BCUT2D eigenvalue weighted by Crippen LogP contribution is -2.04. The van der Waals surface area contributed by atoms with Crippen LogP contribution in [0, 0.1) is 13.8 Å². The number of nitrogens with one attached hydrogen (secondary N) is 2. The third kappa shape index (κ3) is 6.11. The molecule has 0 amide bonds. The molecule has 46 heavy (non-hydrogen) atoms. The average molecular weight is 671 g/mol. The molecule has 8 bridgehead atoms. The minimum atomic E-state index is -5.07. The van der Waals surface area contributed by atoms with Crippen molar-refractivity contribution in [1.29, 1.82) is 0 Å². The molecule has 3 aromatic heterocycles. The number of fused-ring (bicyclic) bond motifs is 8. The maximum atomic E-state index is 13.0. The van der Waals surface area contributed by atoms with E-state index in [4.69, 9.17) is 4.98 Å². The van der Waals surface area contributed by atoms with Crippen molar-refractivity contribution in [3.8, 4) is 0 Å². The number of aryl methyl sites for hydroxylation is 3. The van der Waals surface area contributed by atoms with Gasteiger partial charge in [0.15, 0.2) is 0 Å². The molecule has 6 N–H and O–H groups in total. The highest BCUT2D eigenvalue weighted by atomic mass is 32.2. The molecule has 0 radical (unpaired) electrons. The number of aliphatic carboxylic acids is 2. The first-order chi connectivity index (χ1) is 21.4. The van der Waals surface area contributed by atoms with E-state index in [1.807, 2.05) is 0 Å². The van der Waals surface area contributed by atoms with Crippen LogP contribution in [0.5, 0.6) is 0 Å². The van der Waals surface area contributed by atoms with Crippen molar-refractivity contribution in [2.24, 2.45) is 0 Å². The molecule has 2 aliphatic heterocycles. The lowest BCUT2D eigenvalue weighted by Gasteiger charge is -2.03. The van der Waals surface area contributed by atoms with E-state index in [1.54, 1.807) is 26.0 Å². The zero-order valence-corrected chi connectivity index (χ0v) is 26.7. The molecule has 0 saturated heterocycles. The standard InChI is InChI=1S/C30H30N4O10S2/c1-13-9-23-29(45(39,40)41)27-14(2)10-24(34-27)30(46(42,43)44)28-16(4)18(6-8-26(37)38)22(33-28)12-21-17(5-7-25(35)36)15(3)20(32-21)11-19(13)31-23/h9-12,31,33H,5-8H2,1-4H3,(H,35,36)(H,37,38)(H,39,40,41)(H,42,43,44). The number of aromatic amines is 2. The van der Waals surface area contributed by atoms with Gasteiger partial charge in [0.05, 0.1) is 33.8 Å². The van der Waals surface area contributed by atoms with Crippen molar-refractivity contribution < 1.29 is 45.7 Å². The van der Waals surface area contributed by atoms with Gasteiger partial charge in [0.1, 0.15) is 9.79 Å². The number of hydrogen-bond donors (Lipinski definition) is 6. The smallest absolute Gasteiger partial charge is 0.303 e. The van der Waals surface area contributed by atoms with Gasteiger partial charge in [-0.1, -0.05) is 0 Å². The Morgan fingerprint density at radius 3 is 1.98 bits per heavy atom. The molecule has 0 fully saturated rings. The molecule has 0 aliphatic carbocycles. The number of carboxylic acid groups (broad SMARTS) is 2. The molecule has 3 aromatic rings. The highest BCUT2D eigenvalue weighted by Crippen LogP contribution is 2.37. The van der Waals surface area contributed by atoms with Crippen molar-refractivity contribution in [2.75, 3.05) is 0 Å². The Morgan fingerprint density at radius 2 is 1.37 bits per heavy atom. The first kappa shape index (κ1) is 32.7. The SMILES string of the molecule is CC1=Cc2nc1c(S(=O)(=O)O)c1cc(C)c(cc3nc(cc4[nH]c(c(C)c4CCC(=O)O)c2S(=O)(=O)O)C(CCC(=O)O)=C3C)[nH]1. The molecule has 16 heteroatoms. The van der Waals surface area contributed by atoms with Gasteiger partial charge in [-0.05, 0) is 98.2 Å². The van der Waals surface area contributed by atoms with E-state index in [0.717, 1.165) is 0 Å². The Kier molecular flexibility index (Phi) is 8.27. The summed E-state index contributed by atoms with van der Waals surface area (Å²) < 4.78 is 72.3. The third-order valence-electron chi connectivity index (χ3n) is 7.99. The second kappa shape index (κ2) is 11.6. The number of rotatable bonds is 8. The van der Waals surface area contributed by atoms with Crippen LogP contribution in [0.4, 0.5) is 0 Å². The molecule has 2 aliphatic rings. The average Bonchev–Trinajstić information content (AvgIpc) is 3.62. The van der Waals surface area contributed by atoms with E-state index in [-0.39, 0.29) is 64.8 Å². The van der Waals surface area contributed by atoms with Gasteiger partial charge >= 0.3 is 11.9 Å². The third-order valence-corrected chi connectivity index (χ3v) is 9.85. The van der Waals surface area contributed by atoms with Crippen LogP contribution in [0.3, 0.4) is 0 Å². The molecule has 242 valence electrons. The largest absolute Gasteiger partial charge is 0.481 e. The van der Waals surface area contributed by atoms with Crippen LogP contribution in [0.15, 0.2) is 28.0 Å². The first-order valence-corrected chi connectivity index (χ1v) is 16.8. The lowest BCUT2D eigenvalue weighted by atomic mass is 10.0. The number of carbonyl (C=O) groups is 2. The Morgan fingerprint density at radius 1 is 0.761 bits per heavy atom. The van der Waals surface area contributed by atoms with E-state index < -0.39 is 42.0 Å². The van der Waals surface area contributed by atoms with Crippen molar-refractivity contribution >= 4 is 77.0 Å². The molecular weight excluding hydrogens is 640 g/mol. The number of nitrogens with zero attached hydrogens (tertiary/aromatic N) is 2. The fraction of sp³-hybridized carbons (Fsp3) is 0.267. The number of carboxylic acids is 2. The van der Waals surface area contributed by atoms with Gasteiger partial charge in [0.25, 0.3) is 20.2 Å². The van der Waals surface area contributed by atoms with Crippen LogP contribution in [-0.2, 0) is 36.2 Å². The van der Waals surface area contributed by atoms with Crippen molar-refractivity contribution in [2.45, 2.75) is 63.2 Å². The summed E-state index contributed by atoms with van der Waals surface area (Å²) in [4.78, 5) is 36.7. The fourth-order valence-corrected chi connectivity index (χ4v) is 7.42. The maximum Gasteiger partial charge on any atom is 0.303 e. The Labute approximate surface area is 263 Å². The van der Waals surface area contributed by atoms with Gasteiger partial charge < -0.3 is 20.2 Å². The Bertz CT molecular complexity index is 2310. The summed E-state index contributed by atoms with van der Waals surface area (Å²) in [6, 6.07) is 4.70. The van der Waals surface area contributed by atoms with Gasteiger partial charge in [-0.15, -0.1) is 0 Å². The minimum absolute atomic E-state index is 0.0455. The second-order valence-electron chi connectivity index (χ2n) is 11.1. The molecule has 0 atom stereocenters. The van der Waals surface area contributed by atoms with E-state index in [2.05, 4.69) is 15.0 Å². The zero-order chi connectivity index (χ0) is 33.9. The van der Waals surface area contributed by atoms with Crippen LogP contribution in [0.1, 0.15) is 72.6 Å². The number of allylic oxidation sites excluding steroid dienone is 3. The second-order valence-corrected chi connectivity index (χ2v) is 13.9. The highest BCUT2D eigenvalue weighted by Gasteiger charge is 2.29. The quantitative estimate of drug-likeness (QED) is 0.177. The Hall–Kier alpha value is -4.64. The highest BCUT2D eigenvalue weighted by molar-refractivity contribution is 7.86. The molecule has 0 aromatic carbocycles. The number of aromatic nitrogens is 4. The summed E-state index contributed by atoms with van der Waals surface area (Å²) in [5, 5.41) is 18.8. The normalized spacial score (nSPS) is 13.7. The van der Waals surface area contributed by atoms with Crippen LogP contribution in [-0.4, -0.2) is 68.0 Å². The van der Waals surface area contributed by atoms with Gasteiger partial charge in [-0.3, -0.25) is 18.7 Å². The van der Waals surface area contributed by atoms with Crippen LogP contribution in [0.2, 0.25) is 0 Å². The van der Waals surface area contributed by atoms with Crippen molar-refractivity contribution in [1.82, 2.24) is 19.9 Å². The summed E-state index contributed by atoms with van der Waals surface area (Å²) in [5.41, 5.74) is 3.32. The zero-order valence-electron chi connectivity index (χ0n) is 25.1. The first-order valence-electron chi connectivity index (χ1n) is 13.9. The summed E-state index contributed by atoms with van der Waals surface area (Å²) in [6.07, 6.45) is 0.744. The molecule has 5 heterocycles. The lowest BCUT2D eigenvalue weighted by molar-refractivity contribution is -0.137. The fourth-order valence-electron chi connectivity index (χ4n) is 5.75. The summed E-state index contributed by atoms with van der Waals surface area (Å²) >= 11 is 0. The monoisotopic (exact) mass is 670 g/mol. The number of H-pyrrole nitrogens is 2. The minimum Gasteiger partial charge on any atom is -0.481 e. The van der Waals surface area contributed by atoms with Crippen molar-refractivity contribution in [3.63, 3.8) is 0 Å². The van der Waals surface area contributed by atoms with E-state index in [0.29, 0.717) is 39.2 Å². The molecule has 5 rings (SSSR count). The van der Waals surface area contributed by atoms with E-state index >= 15 is 0 Å². The molecule has 0 unspecified atom stereocenters. The van der Waals surface area contributed by atoms with E-state index in [9.17, 15) is 45.7 Å². The topological polar surface area (TPSA) is 241 Å². The van der Waals surface area contributed by atoms with Gasteiger partial charge in [0.2, 0.25) is 0 Å². The van der Waals surface area contributed by atoms with Crippen LogP contribution >= 0.6 is 0 Å².